The Morgan fingerprint density at radius 2 is 2.20 bits per heavy atom. The normalized spacial score (nSPS) is 10.9. The smallest absolute Gasteiger partial charge is 0.405 e. The second-order valence-corrected chi connectivity index (χ2v) is 2.76. The van der Waals surface area contributed by atoms with Crippen LogP contribution in [0.15, 0.2) is 12.3 Å². The number of rotatable bonds is 2. The number of aryl methyl sites for hydroxylation is 1. The van der Waals surface area contributed by atoms with Crippen molar-refractivity contribution in [3.8, 4) is 11.8 Å². The lowest BCUT2D eigenvalue weighted by Gasteiger charge is -2.12. The molecule has 0 radical (unpaired) electrons. The third kappa shape index (κ3) is 3.13. The number of hydrogen-bond donors (Lipinski definition) is 0. The number of alkyl halides is 3. The van der Waals surface area contributed by atoms with Crippen LogP contribution in [-0.2, 0) is 6.42 Å². The molecule has 15 heavy (non-hydrogen) atoms. The van der Waals surface area contributed by atoms with E-state index in [-0.39, 0.29) is 17.7 Å². The molecule has 0 aliphatic carbocycles. The van der Waals surface area contributed by atoms with Crippen LogP contribution in [0.25, 0.3) is 0 Å². The van der Waals surface area contributed by atoms with E-state index < -0.39 is 6.36 Å². The van der Waals surface area contributed by atoms with Crippen LogP contribution >= 0.6 is 0 Å². The van der Waals surface area contributed by atoms with E-state index in [0.29, 0.717) is 5.69 Å². The molecule has 0 bridgehead atoms. The van der Waals surface area contributed by atoms with E-state index >= 15 is 0 Å². The Morgan fingerprint density at radius 3 is 2.73 bits per heavy atom. The molecule has 6 heteroatoms. The van der Waals surface area contributed by atoms with E-state index in [1.165, 1.54) is 13.1 Å². The van der Waals surface area contributed by atoms with Gasteiger partial charge in [-0.25, -0.2) is 0 Å². The molecular weight excluding hydrogens is 209 g/mol. The lowest BCUT2D eigenvalue weighted by molar-refractivity contribution is -0.274. The Kier molecular flexibility index (Phi) is 3.14. The summed E-state index contributed by atoms with van der Waals surface area (Å²) in [5.41, 5.74) is 0.524. The second-order valence-electron chi connectivity index (χ2n) is 2.76. The topological polar surface area (TPSA) is 45.9 Å². The number of halogens is 3. The van der Waals surface area contributed by atoms with Gasteiger partial charge in [0.1, 0.15) is 5.75 Å². The molecule has 0 N–H and O–H groups in total. The van der Waals surface area contributed by atoms with Crippen LogP contribution in [0.4, 0.5) is 13.2 Å². The number of aromatic nitrogens is 1. The molecule has 0 aliphatic rings. The van der Waals surface area contributed by atoms with E-state index in [0.717, 1.165) is 6.07 Å². The second kappa shape index (κ2) is 4.17. The average Bonchev–Trinajstić information content (AvgIpc) is 2.08. The molecule has 0 amide bonds. The molecule has 3 nitrogen and oxygen atoms in total. The summed E-state index contributed by atoms with van der Waals surface area (Å²) in [7, 11) is 0. The van der Waals surface area contributed by atoms with Gasteiger partial charge in [0.15, 0.2) is 0 Å². The zero-order valence-corrected chi connectivity index (χ0v) is 7.80. The minimum atomic E-state index is -4.75. The van der Waals surface area contributed by atoms with Crippen LogP contribution in [0.3, 0.4) is 0 Å². The van der Waals surface area contributed by atoms with Crippen LogP contribution in [0, 0.1) is 18.3 Å². The molecule has 80 valence electrons. The molecule has 0 saturated carbocycles. The number of nitrogens with zero attached hydrogens (tertiary/aromatic N) is 2. The first kappa shape index (κ1) is 11.3. The fourth-order valence-corrected chi connectivity index (χ4v) is 1.09. The molecule has 0 atom stereocenters. The van der Waals surface area contributed by atoms with Crippen molar-refractivity contribution in [1.82, 2.24) is 4.98 Å². The predicted octanol–water partition coefficient (Wildman–Crippen LogP) is 2.35. The van der Waals surface area contributed by atoms with Gasteiger partial charge in [0, 0.05) is 17.5 Å². The van der Waals surface area contributed by atoms with Crippen molar-refractivity contribution >= 4 is 0 Å². The molecule has 0 aliphatic heterocycles. The van der Waals surface area contributed by atoms with Gasteiger partial charge in [-0.1, -0.05) is 0 Å². The highest BCUT2D eigenvalue weighted by atomic mass is 19.4. The van der Waals surface area contributed by atoms with Crippen LogP contribution in [0.1, 0.15) is 11.3 Å². The van der Waals surface area contributed by atoms with Crippen molar-refractivity contribution in [3.63, 3.8) is 0 Å². The third-order valence-electron chi connectivity index (χ3n) is 1.71. The van der Waals surface area contributed by atoms with Gasteiger partial charge in [0.05, 0.1) is 12.5 Å². The van der Waals surface area contributed by atoms with Gasteiger partial charge in [-0.2, -0.15) is 5.26 Å². The Labute approximate surface area is 84.1 Å². The molecule has 1 heterocycles. The first-order valence-corrected chi connectivity index (χ1v) is 4.01. The van der Waals surface area contributed by atoms with E-state index in [1.54, 1.807) is 6.07 Å². The maximum atomic E-state index is 12.0. The summed E-state index contributed by atoms with van der Waals surface area (Å²) in [4.78, 5) is 3.79. The van der Waals surface area contributed by atoms with Crippen molar-refractivity contribution in [3.05, 3.63) is 23.5 Å². The predicted molar refractivity (Wildman–Crippen MR) is 45.0 cm³/mol. The zero-order valence-electron chi connectivity index (χ0n) is 7.80. The third-order valence-corrected chi connectivity index (χ3v) is 1.71. The summed E-state index contributed by atoms with van der Waals surface area (Å²) in [6.45, 7) is 1.52. The fraction of sp³-hybridized carbons (Fsp3) is 0.333. The largest absolute Gasteiger partial charge is 0.573 e. The molecule has 1 rings (SSSR count). The minimum Gasteiger partial charge on any atom is -0.405 e. The van der Waals surface area contributed by atoms with Crippen LogP contribution < -0.4 is 4.74 Å². The molecule has 1 aromatic heterocycles. The zero-order chi connectivity index (χ0) is 11.5. The van der Waals surface area contributed by atoms with Gasteiger partial charge < -0.3 is 4.74 Å². The summed E-state index contributed by atoms with van der Waals surface area (Å²) in [5, 5.41) is 8.45. The number of hydrogen-bond acceptors (Lipinski definition) is 3. The highest BCUT2D eigenvalue weighted by Gasteiger charge is 2.32. The van der Waals surface area contributed by atoms with Gasteiger partial charge in [-0.3, -0.25) is 4.98 Å². The molecule has 0 aromatic carbocycles. The van der Waals surface area contributed by atoms with Crippen molar-refractivity contribution < 1.29 is 17.9 Å². The Morgan fingerprint density at radius 1 is 1.53 bits per heavy atom. The quantitative estimate of drug-likeness (QED) is 0.762. The first-order chi connectivity index (χ1) is 6.94. The Balaban J connectivity index is 3.07. The standard InChI is InChI=1S/C9H7F3N2O/c1-6-7(2-4-13)8(3-5-14-6)15-9(10,11)12/h3,5H,2H2,1H3. The van der Waals surface area contributed by atoms with Crippen molar-refractivity contribution in [1.29, 1.82) is 5.26 Å². The maximum absolute atomic E-state index is 12.0. The van der Waals surface area contributed by atoms with E-state index in [9.17, 15) is 13.2 Å². The highest BCUT2D eigenvalue weighted by molar-refractivity contribution is 5.37. The fourth-order valence-electron chi connectivity index (χ4n) is 1.09. The number of nitriles is 1. The summed E-state index contributed by atoms with van der Waals surface area (Å²) in [6.07, 6.45) is -3.71. The number of ether oxygens (including phenoxy) is 1. The summed E-state index contributed by atoms with van der Waals surface area (Å²) in [5.74, 6) is -0.364. The Bertz CT molecular complexity index is 395. The van der Waals surface area contributed by atoms with Gasteiger partial charge >= 0.3 is 6.36 Å². The molecule has 0 fully saturated rings. The van der Waals surface area contributed by atoms with Gasteiger partial charge in [-0.15, -0.1) is 13.2 Å². The van der Waals surface area contributed by atoms with Gasteiger partial charge in [-0.05, 0) is 13.0 Å². The van der Waals surface area contributed by atoms with Gasteiger partial charge in [0.2, 0.25) is 0 Å². The van der Waals surface area contributed by atoms with Crippen LogP contribution in [0.2, 0.25) is 0 Å². The maximum Gasteiger partial charge on any atom is 0.573 e. The molecule has 1 aromatic rings. The monoisotopic (exact) mass is 216 g/mol. The van der Waals surface area contributed by atoms with E-state index in [2.05, 4.69) is 9.72 Å². The minimum absolute atomic E-state index is 0.162. The molecular formula is C9H7F3N2O. The Hall–Kier alpha value is -1.77. The van der Waals surface area contributed by atoms with E-state index in [1.807, 2.05) is 0 Å². The van der Waals surface area contributed by atoms with Crippen molar-refractivity contribution in [2.45, 2.75) is 19.7 Å². The van der Waals surface area contributed by atoms with Crippen LogP contribution in [0.5, 0.6) is 5.75 Å². The molecule has 0 spiro atoms. The van der Waals surface area contributed by atoms with Crippen molar-refractivity contribution in [2.75, 3.05) is 0 Å². The lowest BCUT2D eigenvalue weighted by atomic mass is 10.1. The summed E-state index contributed by atoms with van der Waals surface area (Å²) in [6, 6.07) is 2.85. The van der Waals surface area contributed by atoms with Crippen molar-refractivity contribution in [2.24, 2.45) is 0 Å². The first-order valence-electron chi connectivity index (χ1n) is 4.01. The number of pyridine rings is 1. The SMILES string of the molecule is Cc1nccc(OC(F)(F)F)c1CC#N. The summed E-state index contributed by atoms with van der Waals surface area (Å²) >= 11 is 0. The lowest BCUT2D eigenvalue weighted by Crippen LogP contribution is -2.18. The highest BCUT2D eigenvalue weighted by Crippen LogP contribution is 2.27. The van der Waals surface area contributed by atoms with Gasteiger partial charge in [0.25, 0.3) is 0 Å². The van der Waals surface area contributed by atoms with Crippen LogP contribution in [-0.4, -0.2) is 11.3 Å². The average molecular weight is 216 g/mol. The molecule has 0 saturated heterocycles. The van der Waals surface area contributed by atoms with E-state index in [4.69, 9.17) is 5.26 Å². The summed E-state index contributed by atoms with van der Waals surface area (Å²) < 4.78 is 39.7. The molecule has 0 unspecified atom stereocenters.